The number of aryl methyl sites for hydroxylation is 1. The fourth-order valence-electron chi connectivity index (χ4n) is 2.69. The Labute approximate surface area is 165 Å². The molecule has 0 saturated carbocycles. The summed E-state index contributed by atoms with van der Waals surface area (Å²) >= 11 is 6.04. The van der Waals surface area contributed by atoms with E-state index in [0.717, 1.165) is 10.6 Å². The van der Waals surface area contributed by atoms with Crippen LogP contribution in [0.15, 0.2) is 42.5 Å². The monoisotopic (exact) mass is 410 g/mol. The van der Waals surface area contributed by atoms with Crippen LogP contribution in [0.4, 0.5) is 11.4 Å². The van der Waals surface area contributed by atoms with Gasteiger partial charge in [0.25, 0.3) is 0 Å². The van der Waals surface area contributed by atoms with Crippen LogP contribution in [0, 0.1) is 6.92 Å². The van der Waals surface area contributed by atoms with Gasteiger partial charge in [-0.3, -0.25) is 9.10 Å². The Kier molecular flexibility index (Phi) is 6.73. The maximum Gasteiger partial charge on any atom is 0.248 e. The number of benzene rings is 2. The van der Waals surface area contributed by atoms with E-state index in [9.17, 15) is 13.2 Å². The summed E-state index contributed by atoms with van der Waals surface area (Å²) in [4.78, 5) is 12.8. The first kappa shape index (κ1) is 21.1. The van der Waals surface area contributed by atoms with Crippen molar-refractivity contribution in [3.8, 4) is 5.75 Å². The van der Waals surface area contributed by atoms with Crippen molar-refractivity contribution < 1.29 is 17.9 Å². The average molecular weight is 411 g/mol. The number of anilines is 2. The minimum Gasteiger partial charge on any atom is -0.492 e. The van der Waals surface area contributed by atoms with Crippen molar-refractivity contribution in [2.24, 2.45) is 0 Å². The van der Waals surface area contributed by atoms with Crippen LogP contribution in [0.1, 0.15) is 19.4 Å². The van der Waals surface area contributed by atoms with Crippen molar-refractivity contribution in [1.82, 2.24) is 0 Å². The van der Waals surface area contributed by atoms with Gasteiger partial charge in [0.2, 0.25) is 15.9 Å². The number of carbonyl (C=O) groups is 1. The lowest BCUT2D eigenvalue weighted by Gasteiger charge is -2.29. The van der Waals surface area contributed by atoms with E-state index in [0.29, 0.717) is 34.3 Å². The van der Waals surface area contributed by atoms with Gasteiger partial charge in [0.15, 0.2) is 0 Å². The Hall–Kier alpha value is -2.25. The van der Waals surface area contributed by atoms with E-state index < -0.39 is 22.0 Å². The topological polar surface area (TPSA) is 75.7 Å². The first-order valence-electron chi connectivity index (χ1n) is 8.43. The van der Waals surface area contributed by atoms with Crippen LogP contribution in [0.5, 0.6) is 5.75 Å². The van der Waals surface area contributed by atoms with Gasteiger partial charge in [0.05, 0.1) is 24.2 Å². The van der Waals surface area contributed by atoms with Gasteiger partial charge in [0, 0.05) is 5.02 Å². The maximum atomic E-state index is 12.8. The van der Waals surface area contributed by atoms with E-state index in [4.69, 9.17) is 16.3 Å². The lowest BCUT2D eigenvalue weighted by Crippen LogP contribution is -2.45. The van der Waals surface area contributed by atoms with Crippen LogP contribution in [0.3, 0.4) is 0 Å². The van der Waals surface area contributed by atoms with E-state index >= 15 is 0 Å². The molecule has 0 aliphatic carbocycles. The molecule has 0 bridgehead atoms. The van der Waals surface area contributed by atoms with Crippen LogP contribution in [0.25, 0.3) is 0 Å². The van der Waals surface area contributed by atoms with Gasteiger partial charge in [-0.2, -0.15) is 0 Å². The molecular formula is C19H23ClN2O4S. The normalized spacial score (nSPS) is 12.3. The third-order valence-corrected chi connectivity index (χ3v) is 5.40. The Morgan fingerprint density at radius 2 is 1.93 bits per heavy atom. The summed E-state index contributed by atoms with van der Waals surface area (Å²) in [5, 5.41) is 3.14. The van der Waals surface area contributed by atoms with Crippen molar-refractivity contribution in [3.05, 3.63) is 53.1 Å². The summed E-state index contributed by atoms with van der Waals surface area (Å²) in [7, 11) is -3.73. The standard InChI is InChI=1S/C19H23ClN2O4S/c1-5-26-18-9-7-6-8-16(18)21-19(23)14(3)22(27(4,24)25)17-12-15(20)11-10-13(17)2/h6-12,14H,5H2,1-4H3,(H,21,23)/t14-/m0/s1. The van der Waals surface area contributed by atoms with Crippen molar-refractivity contribution in [2.45, 2.75) is 26.8 Å². The first-order chi connectivity index (χ1) is 12.6. The Morgan fingerprint density at radius 3 is 2.56 bits per heavy atom. The highest BCUT2D eigenvalue weighted by Gasteiger charge is 2.30. The molecular weight excluding hydrogens is 388 g/mol. The molecule has 2 rings (SSSR count). The number of hydrogen-bond donors (Lipinski definition) is 1. The molecule has 0 aliphatic heterocycles. The quantitative estimate of drug-likeness (QED) is 0.752. The molecule has 0 aliphatic rings. The minimum absolute atomic E-state index is 0.366. The second kappa shape index (κ2) is 8.63. The van der Waals surface area contributed by atoms with E-state index in [1.54, 1.807) is 43.3 Å². The number of carbonyl (C=O) groups excluding carboxylic acids is 1. The van der Waals surface area contributed by atoms with E-state index in [1.165, 1.54) is 13.0 Å². The number of amides is 1. The number of nitrogens with one attached hydrogen (secondary N) is 1. The van der Waals surface area contributed by atoms with Crippen molar-refractivity contribution in [3.63, 3.8) is 0 Å². The smallest absolute Gasteiger partial charge is 0.248 e. The Bertz CT molecular complexity index is 931. The van der Waals surface area contributed by atoms with Crippen LogP contribution in [0.2, 0.25) is 5.02 Å². The van der Waals surface area contributed by atoms with Crippen molar-refractivity contribution in [1.29, 1.82) is 0 Å². The highest BCUT2D eigenvalue weighted by Crippen LogP contribution is 2.29. The highest BCUT2D eigenvalue weighted by atomic mass is 35.5. The zero-order valence-corrected chi connectivity index (χ0v) is 17.3. The summed E-state index contributed by atoms with van der Waals surface area (Å²) in [5.41, 5.74) is 1.54. The zero-order chi connectivity index (χ0) is 20.2. The molecule has 0 spiro atoms. The molecule has 1 amide bonds. The summed E-state index contributed by atoms with van der Waals surface area (Å²) in [5.74, 6) is 0.0392. The van der Waals surface area contributed by atoms with Crippen LogP contribution in [-0.2, 0) is 14.8 Å². The van der Waals surface area contributed by atoms with E-state index in [2.05, 4.69) is 5.32 Å². The molecule has 0 aromatic heterocycles. The first-order valence-corrected chi connectivity index (χ1v) is 10.7. The fraction of sp³-hybridized carbons (Fsp3) is 0.316. The summed E-state index contributed by atoms with van der Waals surface area (Å²) in [6, 6.07) is 10.9. The maximum absolute atomic E-state index is 12.8. The van der Waals surface area contributed by atoms with Crippen LogP contribution in [-0.4, -0.2) is 33.2 Å². The molecule has 0 saturated heterocycles. The number of para-hydroxylation sites is 2. The fourth-order valence-corrected chi connectivity index (χ4v) is 4.08. The molecule has 146 valence electrons. The van der Waals surface area contributed by atoms with Gasteiger partial charge >= 0.3 is 0 Å². The largest absolute Gasteiger partial charge is 0.492 e. The van der Waals surface area contributed by atoms with E-state index in [1.807, 2.05) is 6.92 Å². The number of hydrogen-bond acceptors (Lipinski definition) is 4. The van der Waals surface area contributed by atoms with E-state index in [-0.39, 0.29) is 0 Å². The molecule has 0 radical (unpaired) electrons. The van der Waals surface area contributed by atoms with Gasteiger partial charge in [0.1, 0.15) is 11.8 Å². The predicted octanol–water partition coefficient (Wildman–Crippen LogP) is 3.84. The predicted molar refractivity (Wildman–Crippen MR) is 109 cm³/mol. The molecule has 0 fully saturated rings. The second-order valence-corrected chi connectivity index (χ2v) is 8.38. The second-order valence-electron chi connectivity index (χ2n) is 6.08. The molecule has 2 aromatic carbocycles. The minimum atomic E-state index is -3.73. The van der Waals surface area contributed by atoms with Gasteiger partial charge < -0.3 is 10.1 Å². The number of ether oxygens (including phenoxy) is 1. The van der Waals surface area contributed by atoms with Gasteiger partial charge in [-0.25, -0.2) is 8.42 Å². The number of nitrogens with zero attached hydrogens (tertiary/aromatic N) is 1. The zero-order valence-electron chi connectivity index (χ0n) is 15.7. The Morgan fingerprint density at radius 1 is 1.26 bits per heavy atom. The average Bonchev–Trinajstić information content (AvgIpc) is 2.58. The summed E-state index contributed by atoms with van der Waals surface area (Å²) < 4.78 is 31.5. The lowest BCUT2D eigenvalue weighted by atomic mass is 10.1. The molecule has 8 heteroatoms. The Balaban J connectivity index is 2.38. The highest BCUT2D eigenvalue weighted by molar-refractivity contribution is 7.92. The van der Waals surface area contributed by atoms with Gasteiger partial charge in [-0.15, -0.1) is 0 Å². The SMILES string of the molecule is CCOc1ccccc1NC(=O)[C@H](C)N(c1cc(Cl)ccc1C)S(C)(=O)=O. The van der Waals surface area contributed by atoms with Crippen LogP contribution < -0.4 is 14.4 Å². The molecule has 2 aromatic rings. The third kappa shape index (κ3) is 5.14. The molecule has 27 heavy (non-hydrogen) atoms. The van der Waals surface area contributed by atoms with Gasteiger partial charge in [-0.1, -0.05) is 29.8 Å². The number of rotatable bonds is 7. The number of sulfonamides is 1. The third-order valence-electron chi connectivity index (χ3n) is 3.94. The lowest BCUT2D eigenvalue weighted by molar-refractivity contribution is -0.116. The van der Waals surface area contributed by atoms with Crippen molar-refractivity contribution in [2.75, 3.05) is 22.5 Å². The molecule has 0 heterocycles. The number of halogens is 1. The summed E-state index contributed by atoms with van der Waals surface area (Å²) in [6.45, 7) is 5.58. The molecule has 1 N–H and O–H groups in total. The molecule has 1 atom stereocenters. The van der Waals surface area contributed by atoms with Crippen LogP contribution >= 0.6 is 11.6 Å². The van der Waals surface area contributed by atoms with Gasteiger partial charge in [-0.05, 0) is 50.6 Å². The summed E-state index contributed by atoms with van der Waals surface area (Å²) in [6.07, 6.45) is 1.06. The van der Waals surface area contributed by atoms with Crippen molar-refractivity contribution >= 4 is 38.9 Å². The molecule has 0 unspecified atom stereocenters. The molecule has 6 nitrogen and oxygen atoms in total.